The zero-order valence-electron chi connectivity index (χ0n) is 14.7. The molecule has 0 unspecified atom stereocenters. The lowest BCUT2D eigenvalue weighted by atomic mass is 9.72. The lowest BCUT2D eigenvalue weighted by molar-refractivity contribution is -0.0200. The molecule has 0 bridgehead atoms. The van der Waals surface area contributed by atoms with Crippen molar-refractivity contribution in [3.8, 4) is 0 Å². The minimum Gasteiger partial charge on any atom is -0.323 e. The number of anilines is 1. The van der Waals surface area contributed by atoms with Crippen LogP contribution in [0.5, 0.6) is 0 Å². The van der Waals surface area contributed by atoms with Crippen molar-refractivity contribution in [1.29, 1.82) is 0 Å². The monoisotopic (exact) mass is 370 g/mol. The Hall–Kier alpha value is -2.11. The summed E-state index contributed by atoms with van der Waals surface area (Å²) in [6.07, 6.45) is 5.65. The lowest BCUT2D eigenvalue weighted by Crippen LogP contribution is -2.62. The summed E-state index contributed by atoms with van der Waals surface area (Å²) < 4.78 is 0. The molecule has 2 saturated heterocycles. The number of urea groups is 1. The molecule has 6 heteroatoms. The van der Waals surface area contributed by atoms with Crippen LogP contribution in [0.3, 0.4) is 0 Å². The Balaban J connectivity index is 1.25. The van der Waals surface area contributed by atoms with Crippen molar-refractivity contribution in [1.82, 2.24) is 14.8 Å². The zero-order chi connectivity index (χ0) is 18.0. The van der Waals surface area contributed by atoms with Gasteiger partial charge in [0.05, 0.1) is 11.9 Å². The second kappa shape index (κ2) is 7.25. The van der Waals surface area contributed by atoms with Gasteiger partial charge in [0.15, 0.2) is 0 Å². The number of pyridine rings is 1. The Labute approximate surface area is 159 Å². The Morgan fingerprint density at radius 2 is 2.00 bits per heavy atom. The van der Waals surface area contributed by atoms with Crippen LogP contribution >= 0.6 is 11.6 Å². The van der Waals surface area contributed by atoms with Gasteiger partial charge in [-0.25, -0.2) is 4.79 Å². The number of halogens is 1. The van der Waals surface area contributed by atoms with Gasteiger partial charge in [-0.3, -0.25) is 9.88 Å². The Morgan fingerprint density at radius 3 is 2.69 bits per heavy atom. The molecule has 2 amide bonds. The molecule has 2 aliphatic rings. The SMILES string of the molecule is O=C(Nc1cccnc1)N1CC2(CCN(Cc3cccc(Cl)c3)CC2)C1. The topological polar surface area (TPSA) is 48.5 Å². The van der Waals surface area contributed by atoms with Crippen LogP contribution in [0, 0.1) is 5.41 Å². The van der Waals surface area contributed by atoms with Crippen molar-refractivity contribution in [3.05, 3.63) is 59.4 Å². The normalized spacial score (nSPS) is 19.2. The summed E-state index contributed by atoms with van der Waals surface area (Å²) in [5, 5.41) is 3.71. The average molecular weight is 371 g/mol. The first-order valence-electron chi connectivity index (χ1n) is 9.05. The standard InChI is InChI=1S/C20H23ClN4O/c21-17-4-1-3-16(11-17)13-24-9-6-20(7-10-24)14-25(15-20)19(26)23-18-5-2-8-22-12-18/h1-5,8,11-12H,6-7,9-10,13-15H2,(H,23,26). The Kier molecular flexibility index (Phi) is 4.83. The van der Waals surface area contributed by atoms with E-state index in [1.54, 1.807) is 12.4 Å². The van der Waals surface area contributed by atoms with Crippen LogP contribution in [-0.4, -0.2) is 47.0 Å². The average Bonchev–Trinajstić information content (AvgIpc) is 2.61. The van der Waals surface area contributed by atoms with E-state index >= 15 is 0 Å². The van der Waals surface area contributed by atoms with E-state index in [4.69, 9.17) is 11.6 Å². The van der Waals surface area contributed by atoms with E-state index in [1.165, 1.54) is 5.56 Å². The molecule has 1 spiro atoms. The second-order valence-corrected chi connectivity index (χ2v) is 7.87. The fourth-order valence-corrected chi connectivity index (χ4v) is 4.15. The Morgan fingerprint density at radius 1 is 1.19 bits per heavy atom. The van der Waals surface area contributed by atoms with E-state index in [-0.39, 0.29) is 6.03 Å². The molecule has 5 nitrogen and oxygen atoms in total. The first-order valence-corrected chi connectivity index (χ1v) is 9.43. The van der Waals surface area contributed by atoms with Crippen molar-refractivity contribution in [3.63, 3.8) is 0 Å². The Bertz CT molecular complexity index is 766. The van der Waals surface area contributed by atoms with Crippen LogP contribution < -0.4 is 5.32 Å². The molecule has 1 aromatic heterocycles. The number of benzene rings is 1. The van der Waals surface area contributed by atoms with Crippen LogP contribution in [0.15, 0.2) is 48.8 Å². The second-order valence-electron chi connectivity index (χ2n) is 7.43. The first-order chi connectivity index (χ1) is 12.6. The van der Waals surface area contributed by atoms with Crippen molar-refractivity contribution in [2.75, 3.05) is 31.5 Å². The van der Waals surface area contributed by atoms with Gasteiger partial charge < -0.3 is 10.2 Å². The number of carbonyl (C=O) groups is 1. The van der Waals surface area contributed by atoms with E-state index in [9.17, 15) is 4.79 Å². The predicted octanol–water partition coefficient (Wildman–Crippen LogP) is 3.86. The van der Waals surface area contributed by atoms with Crippen LogP contribution in [0.2, 0.25) is 5.02 Å². The van der Waals surface area contributed by atoms with Crippen molar-refractivity contribution in [2.45, 2.75) is 19.4 Å². The highest BCUT2D eigenvalue weighted by molar-refractivity contribution is 6.30. The molecule has 0 saturated carbocycles. The van der Waals surface area contributed by atoms with E-state index < -0.39 is 0 Å². The summed E-state index contributed by atoms with van der Waals surface area (Å²) >= 11 is 6.08. The number of nitrogens with one attached hydrogen (secondary N) is 1. The van der Waals surface area contributed by atoms with Crippen molar-refractivity contribution < 1.29 is 4.79 Å². The molecular formula is C20H23ClN4O. The molecular weight excluding hydrogens is 348 g/mol. The third kappa shape index (κ3) is 3.84. The maximum Gasteiger partial charge on any atom is 0.321 e. The smallest absolute Gasteiger partial charge is 0.321 e. The molecule has 3 heterocycles. The van der Waals surface area contributed by atoms with E-state index in [0.717, 1.165) is 56.3 Å². The van der Waals surface area contributed by atoms with Crippen LogP contribution in [0.25, 0.3) is 0 Å². The number of nitrogens with zero attached hydrogens (tertiary/aromatic N) is 3. The van der Waals surface area contributed by atoms with Crippen molar-refractivity contribution in [2.24, 2.45) is 5.41 Å². The van der Waals surface area contributed by atoms with Gasteiger partial charge in [-0.1, -0.05) is 23.7 Å². The van der Waals surface area contributed by atoms with Gasteiger partial charge in [0.1, 0.15) is 0 Å². The quantitative estimate of drug-likeness (QED) is 0.892. The maximum absolute atomic E-state index is 12.3. The number of hydrogen-bond donors (Lipinski definition) is 1. The number of likely N-dealkylation sites (tertiary alicyclic amines) is 2. The van der Waals surface area contributed by atoms with Crippen LogP contribution in [0.1, 0.15) is 18.4 Å². The van der Waals surface area contributed by atoms with Gasteiger partial charge >= 0.3 is 6.03 Å². The molecule has 0 atom stereocenters. The maximum atomic E-state index is 12.3. The summed E-state index contributed by atoms with van der Waals surface area (Å²) in [6, 6.07) is 11.7. The number of amides is 2. The molecule has 136 valence electrons. The van der Waals surface area contributed by atoms with Gasteiger partial charge in [-0.05, 0) is 55.8 Å². The number of rotatable bonds is 3. The van der Waals surface area contributed by atoms with Crippen LogP contribution in [0.4, 0.5) is 10.5 Å². The minimum absolute atomic E-state index is 0.0232. The highest BCUT2D eigenvalue weighted by atomic mass is 35.5. The largest absolute Gasteiger partial charge is 0.323 e. The third-order valence-corrected chi connectivity index (χ3v) is 5.70. The summed E-state index contributed by atoms with van der Waals surface area (Å²) in [7, 11) is 0. The molecule has 0 aliphatic carbocycles. The highest BCUT2D eigenvalue weighted by Crippen LogP contribution is 2.40. The number of carbonyl (C=O) groups excluding carboxylic acids is 1. The molecule has 1 aromatic carbocycles. The number of aromatic nitrogens is 1. The molecule has 4 rings (SSSR count). The predicted molar refractivity (Wildman–Crippen MR) is 103 cm³/mol. The van der Waals surface area contributed by atoms with E-state index in [0.29, 0.717) is 5.41 Å². The highest BCUT2D eigenvalue weighted by Gasteiger charge is 2.46. The summed E-state index contributed by atoms with van der Waals surface area (Å²) in [4.78, 5) is 20.7. The fraction of sp³-hybridized carbons (Fsp3) is 0.400. The first kappa shape index (κ1) is 17.3. The fourth-order valence-electron chi connectivity index (χ4n) is 3.94. The third-order valence-electron chi connectivity index (χ3n) is 5.46. The molecule has 1 N–H and O–H groups in total. The minimum atomic E-state index is -0.0232. The molecule has 0 radical (unpaired) electrons. The van der Waals surface area contributed by atoms with Crippen molar-refractivity contribution >= 4 is 23.3 Å². The van der Waals surface area contributed by atoms with E-state index in [1.807, 2.05) is 35.2 Å². The lowest BCUT2D eigenvalue weighted by Gasteiger charge is -2.53. The molecule has 2 aliphatic heterocycles. The van der Waals surface area contributed by atoms with Gasteiger partial charge in [0.2, 0.25) is 0 Å². The number of piperidine rings is 1. The van der Waals surface area contributed by atoms with Gasteiger partial charge in [0, 0.05) is 36.3 Å². The van der Waals surface area contributed by atoms with Gasteiger partial charge in [0.25, 0.3) is 0 Å². The number of hydrogen-bond acceptors (Lipinski definition) is 3. The molecule has 26 heavy (non-hydrogen) atoms. The van der Waals surface area contributed by atoms with Gasteiger partial charge in [-0.2, -0.15) is 0 Å². The van der Waals surface area contributed by atoms with Crippen LogP contribution in [-0.2, 0) is 6.54 Å². The molecule has 2 aromatic rings. The summed E-state index contributed by atoms with van der Waals surface area (Å²) in [5.74, 6) is 0. The summed E-state index contributed by atoms with van der Waals surface area (Å²) in [5.41, 5.74) is 2.31. The summed E-state index contributed by atoms with van der Waals surface area (Å²) in [6.45, 7) is 4.80. The van der Waals surface area contributed by atoms with Gasteiger partial charge in [-0.15, -0.1) is 0 Å². The van der Waals surface area contributed by atoms with E-state index in [2.05, 4.69) is 21.3 Å². The molecule has 2 fully saturated rings. The zero-order valence-corrected chi connectivity index (χ0v) is 15.5.